The van der Waals surface area contributed by atoms with Gasteiger partial charge in [-0.25, -0.2) is 0 Å². The molecule has 0 bridgehead atoms. The molecule has 0 aromatic rings. The molecule has 0 aromatic heterocycles. The fraction of sp³-hybridized carbons (Fsp3) is 1.00. The van der Waals surface area contributed by atoms with E-state index >= 15 is 0 Å². The summed E-state index contributed by atoms with van der Waals surface area (Å²) in [6, 6.07) is 0. The first kappa shape index (κ1) is 18.9. The van der Waals surface area contributed by atoms with Crippen LogP contribution in [0.4, 0.5) is 0 Å². The second-order valence-electron chi connectivity index (χ2n) is 5.80. The molecular formula is C16H36N2O. The lowest BCUT2D eigenvalue weighted by Crippen LogP contribution is -2.43. The van der Waals surface area contributed by atoms with Crippen molar-refractivity contribution in [2.45, 2.75) is 53.9 Å². The van der Waals surface area contributed by atoms with Crippen molar-refractivity contribution >= 4 is 0 Å². The lowest BCUT2D eigenvalue weighted by molar-refractivity contribution is 0.0899. The van der Waals surface area contributed by atoms with E-state index in [9.17, 15) is 0 Å². The van der Waals surface area contributed by atoms with Gasteiger partial charge >= 0.3 is 0 Å². The van der Waals surface area contributed by atoms with Gasteiger partial charge in [0.1, 0.15) is 0 Å². The van der Waals surface area contributed by atoms with Crippen LogP contribution in [0.2, 0.25) is 0 Å². The smallest absolute Gasteiger partial charge is 0.0593 e. The summed E-state index contributed by atoms with van der Waals surface area (Å²) in [5.41, 5.74) is 0.381. The van der Waals surface area contributed by atoms with Gasteiger partial charge < -0.3 is 15.0 Å². The van der Waals surface area contributed by atoms with Gasteiger partial charge in [0.05, 0.1) is 6.61 Å². The molecule has 0 amide bonds. The van der Waals surface area contributed by atoms with Crippen LogP contribution in [0, 0.1) is 5.41 Å². The van der Waals surface area contributed by atoms with Gasteiger partial charge in [0.25, 0.3) is 0 Å². The summed E-state index contributed by atoms with van der Waals surface area (Å²) in [7, 11) is 0. The first-order valence-corrected chi connectivity index (χ1v) is 8.12. The van der Waals surface area contributed by atoms with Crippen LogP contribution in [-0.2, 0) is 4.74 Å². The van der Waals surface area contributed by atoms with Crippen LogP contribution in [-0.4, -0.2) is 50.8 Å². The van der Waals surface area contributed by atoms with Crippen molar-refractivity contribution in [3.63, 3.8) is 0 Å². The lowest BCUT2D eigenvalue weighted by atomic mass is 9.84. The van der Waals surface area contributed by atoms with Crippen LogP contribution >= 0.6 is 0 Å². The average molecular weight is 272 g/mol. The molecule has 19 heavy (non-hydrogen) atoms. The summed E-state index contributed by atoms with van der Waals surface area (Å²) in [5.74, 6) is 0. The highest BCUT2D eigenvalue weighted by atomic mass is 16.5. The van der Waals surface area contributed by atoms with Crippen LogP contribution in [0.3, 0.4) is 0 Å². The maximum absolute atomic E-state index is 5.48. The Morgan fingerprint density at radius 2 is 1.84 bits per heavy atom. The molecule has 0 aliphatic heterocycles. The Kier molecular flexibility index (Phi) is 11.6. The molecule has 1 atom stereocenters. The van der Waals surface area contributed by atoms with E-state index in [1.807, 2.05) is 0 Å². The highest BCUT2D eigenvalue weighted by molar-refractivity contribution is 4.80. The zero-order valence-electron chi connectivity index (χ0n) is 13.9. The molecule has 116 valence electrons. The average Bonchev–Trinajstić information content (AvgIpc) is 2.38. The van der Waals surface area contributed by atoms with E-state index in [0.717, 1.165) is 39.4 Å². The predicted octanol–water partition coefficient (Wildman–Crippen LogP) is 3.15. The molecule has 0 aliphatic rings. The van der Waals surface area contributed by atoms with Crippen LogP contribution in [0.25, 0.3) is 0 Å². The molecule has 0 radical (unpaired) electrons. The van der Waals surface area contributed by atoms with Crippen LogP contribution in [0.1, 0.15) is 53.9 Å². The maximum atomic E-state index is 5.48. The quantitative estimate of drug-likeness (QED) is 0.521. The Labute approximate surface area is 121 Å². The molecule has 1 N–H and O–H groups in total. The van der Waals surface area contributed by atoms with Crippen molar-refractivity contribution in [3.8, 4) is 0 Å². The summed E-state index contributed by atoms with van der Waals surface area (Å²) in [6.45, 7) is 18.5. The number of likely N-dealkylation sites (N-methyl/N-ethyl adjacent to an activating group) is 1. The second kappa shape index (κ2) is 11.7. The van der Waals surface area contributed by atoms with Crippen molar-refractivity contribution in [2.24, 2.45) is 5.41 Å². The number of nitrogens with zero attached hydrogens (tertiary/aromatic N) is 1. The molecule has 0 spiro atoms. The van der Waals surface area contributed by atoms with Gasteiger partial charge in [-0.2, -0.15) is 0 Å². The first-order valence-electron chi connectivity index (χ1n) is 8.12. The Morgan fingerprint density at radius 1 is 1.11 bits per heavy atom. The van der Waals surface area contributed by atoms with E-state index in [1.54, 1.807) is 0 Å². The number of hydrogen-bond donors (Lipinski definition) is 1. The van der Waals surface area contributed by atoms with E-state index in [-0.39, 0.29) is 0 Å². The fourth-order valence-electron chi connectivity index (χ4n) is 2.62. The van der Waals surface area contributed by atoms with Crippen molar-refractivity contribution in [1.82, 2.24) is 10.2 Å². The Hall–Kier alpha value is -0.120. The molecule has 0 rings (SSSR count). The molecule has 3 nitrogen and oxygen atoms in total. The second-order valence-corrected chi connectivity index (χ2v) is 5.80. The van der Waals surface area contributed by atoms with Gasteiger partial charge in [-0.1, -0.05) is 34.1 Å². The topological polar surface area (TPSA) is 24.5 Å². The van der Waals surface area contributed by atoms with Gasteiger partial charge in [-0.15, -0.1) is 0 Å². The van der Waals surface area contributed by atoms with Gasteiger partial charge in [-0.3, -0.25) is 0 Å². The molecule has 3 heteroatoms. The van der Waals surface area contributed by atoms with Crippen molar-refractivity contribution in [3.05, 3.63) is 0 Å². The van der Waals surface area contributed by atoms with Crippen molar-refractivity contribution < 1.29 is 4.74 Å². The Morgan fingerprint density at radius 3 is 2.37 bits per heavy atom. The van der Waals surface area contributed by atoms with E-state index in [4.69, 9.17) is 4.74 Å². The monoisotopic (exact) mass is 272 g/mol. The summed E-state index contributed by atoms with van der Waals surface area (Å²) in [4.78, 5) is 2.53. The molecule has 0 saturated carbocycles. The number of nitrogens with one attached hydrogen (secondary N) is 1. The van der Waals surface area contributed by atoms with Crippen LogP contribution in [0.15, 0.2) is 0 Å². The van der Waals surface area contributed by atoms with E-state index < -0.39 is 0 Å². The van der Waals surface area contributed by atoms with Gasteiger partial charge in [0.2, 0.25) is 0 Å². The lowest BCUT2D eigenvalue weighted by Gasteiger charge is -2.35. The van der Waals surface area contributed by atoms with Crippen molar-refractivity contribution in [1.29, 1.82) is 0 Å². The highest BCUT2D eigenvalue weighted by Gasteiger charge is 2.25. The number of ether oxygens (including phenoxy) is 1. The third kappa shape index (κ3) is 9.42. The maximum Gasteiger partial charge on any atom is 0.0593 e. The Balaban J connectivity index is 4.24. The van der Waals surface area contributed by atoms with Crippen molar-refractivity contribution in [2.75, 3.05) is 45.9 Å². The Bertz CT molecular complexity index is 199. The fourth-order valence-corrected chi connectivity index (χ4v) is 2.62. The van der Waals surface area contributed by atoms with E-state index in [1.165, 1.54) is 25.8 Å². The number of hydrogen-bond acceptors (Lipinski definition) is 3. The van der Waals surface area contributed by atoms with E-state index in [0.29, 0.717) is 5.41 Å². The number of rotatable bonds is 13. The van der Waals surface area contributed by atoms with Gasteiger partial charge in [0.15, 0.2) is 0 Å². The first-order chi connectivity index (χ1) is 9.11. The van der Waals surface area contributed by atoms with Crippen LogP contribution in [0.5, 0.6) is 0 Å². The molecule has 0 aliphatic carbocycles. The minimum Gasteiger partial charge on any atom is -0.380 e. The summed E-state index contributed by atoms with van der Waals surface area (Å²) >= 11 is 0. The minimum absolute atomic E-state index is 0.381. The zero-order valence-corrected chi connectivity index (χ0v) is 13.9. The van der Waals surface area contributed by atoms with E-state index in [2.05, 4.69) is 44.8 Å². The molecular weight excluding hydrogens is 236 g/mol. The zero-order chi connectivity index (χ0) is 14.6. The largest absolute Gasteiger partial charge is 0.380 e. The standard InChI is InChI=1S/C16H36N2O/c1-6-10-16(5,14-17-11-7-2)15-18(8-3)12-13-19-9-4/h17H,6-15H2,1-5H3. The molecule has 0 aromatic carbocycles. The van der Waals surface area contributed by atoms with Gasteiger partial charge in [0, 0.05) is 26.2 Å². The molecule has 0 fully saturated rings. The summed E-state index contributed by atoms with van der Waals surface area (Å²) in [5, 5.41) is 3.60. The highest BCUT2D eigenvalue weighted by Crippen LogP contribution is 2.23. The molecule has 0 heterocycles. The summed E-state index contributed by atoms with van der Waals surface area (Å²) in [6.07, 6.45) is 3.76. The normalized spacial score (nSPS) is 14.8. The predicted molar refractivity (Wildman–Crippen MR) is 84.8 cm³/mol. The third-order valence-corrected chi connectivity index (χ3v) is 3.64. The SMILES string of the molecule is CCCNCC(C)(CCC)CN(CC)CCOCC. The molecule has 0 saturated heterocycles. The third-order valence-electron chi connectivity index (χ3n) is 3.64. The van der Waals surface area contributed by atoms with Crippen LogP contribution < -0.4 is 5.32 Å². The molecule has 1 unspecified atom stereocenters. The minimum atomic E-state index is 0.381. The van der Waals surface area contributed by atoms with Gasteiger partial charge in [-0.05, 0) is 38.3 Å². The summed E-state index contributed by atoms with van der Waals surface area (Å²) < 4.78 is 5.48.